The fourth-order valence-electron chi connectivity index (χ4n) is 3.40. The minimum absolute atomic E-state index is 0.116. The number of sulfonamides is 1. The fourth-order valence-corrected chi connectivity index (χ4v) is 4.46. The molecule has 0 radical (unpaired) electrons. The summed E-state index contributed by atoms with van der Waals surface area (Å²) >= 11 is 0. The van der Waals surface area contributed by atoms with E-state index in [9.17, 15) is 22.0 Å². The van der Waals surface area contributed by atoms with Crippen LogP contribution in [0.15, 0.2) is 30.5 Å². The zero-order valence-corrected chi connectivity index (χ0v) is 18.3. The number of aromatic nitrogens is 3. The Balaban J connectivity index is 1.91. The summed E-state index contributed by atoms with van der Waals surface area (Å²) in [6, 6.07) is 3.84. The second-order valence-corrected chi connectivity index (χ2v) is 9.12. The van der Waals surface area contributed by atoms with E-state index in [0.29, 0.717) is 34.4 Å². The van der Waals surface area contributed by atoms with Gasteiger partial charge in [0.15, 0.2) is 11.6 Å². The molecule has 3 rings (SSSR count). The summed E-state index contributed by atoms with van der Waals surface area (Å²) in [6.07, 6.45) is 6.34. The van der Waals surface area contributed by atoms with E-state index in [1.54, 1.807) is 35.5 Å². The van der Waals surface area contributed by atoms with Gasteiger partial charge in [-0.1, -0.05) is 19.8 Å². The Morgan fingerprint density at radius 1 is 1.23 bits per heavy atom. The summed E-state index contributed by atoms with van der Waals surface area (Å²) in [4.78, 5) is 12.2. The van der Waals surface area contributed by atoms with E-state index in [2.05, 4.69) is 5.10 Å². The first kappa shape index (κ1) is 22.7. The number of amides is 1. The third-order valence-corrected chi connectivity index (χ3v) is 6.21. The summed E-state index contributed by atoms with van der Waals surface area (Å²) in [5, 5.41) is 4.85. The van der Waals surface area contributed by atoms with Gasteiger partial charge < -0.3 is 4.57 Å². The molecule has 0 saturated carbocycles. The molecule has 1 N–H and O–H groups in total. The molecular weight excluding hydrogens is 426 g/mol. The lowest BCUT2D eigenvalue weighted by atomic mass is 10.2. The van der Waals surface area contributed by atoms with E-state index in [1.807, 2.05) is 11.6 Å². The van der Waals surface area contributed by atoms with Crippen molar-refractivity contribution in [2.45, 2.75) is 33.1 Å². The average molecular weight is 451 g/mol. The first-order valence-corrected chi connectivity index (χ1v) is 11.5. The molecule has 0 atom stereocenters. The largest absolute Gasteiger partial charge is 0.301 e. The molecule has 0 unspecified atom stereocenters. The Kier molecular flexibility index (Phi) is 6.59. The Labute approximate surface area is 179 Å². The number of carbonyl (C=O) groups excluding carboxylic acids is 1. The molecule has 0 fully saturated rings. The summed E-state index contributed by atoms with van der Waals surface area (Å²) in [5.74, 6) is -2.28. The minimum atomic E-state index is -3.71. The van der Waals surface area contributed by atoms with Crippen LogP contribution in [0.4, 0.5) is 8.78 Å². The van der Waals surface area contributed by atoms with E-state index in [1.165, 1.54) is 6.08 Å². The SMILES string of the molecule is CCCCCS(=O)(=O)NC(=O)/C=C/c1c(C)nn(C)c1-n1ccc2cc(F)c(F)cc21. The monoisotopic (exact) mass is 450 g/mol. The third-order valence-electron chi connectivity index (χ3n) is 4.87. The zero-order valence-electron chi connectivity index (χ0n) is 17.5. The molecule has 0 aliphatic carbocycles. The van der Waals surface area contributed by atoms with Gasteiger partial charge in [0.1, 0.15) is 5.82 Å². The number of nitrogens with zero attached hydrogens (tertiary/aromatic N) is 3. The number of fused-ring (bicyclic) bond motifs is 1. The van der Waals surface area contributed by atoms with Crippen LogP contribution in [0.25, 0.3) is 22.8 Å². The van der Waals surface area contributed by atoms with Gasteiger partial charge in [-0.15, -0.1) is 0 Å². The Morgan fingerprint density at radius 3 is 2.65 bits per heavy atom. The second-order valence-electron chi connectivity index (χ2n) is 7.28. The molecular formula is C21H24F2N4O3S. The smallest absolute Gasteiger partial charge is 0.257 e. The molecule has 1 aromatic carbocycles. The van der Waals surface area contributed by atoms with Gasteiger partial charge in [0.25, 0.3) is 5.91 Å². The highest BCUT2D eigenvalue weighted by molar-refractivity contribution is 7.90. The summed E-state index contributed by atoms with van der Waals surface area (Å²) < 4.78 is 56.6. The van der Waals surface area contributed by atoms with Crippen molar-refractivity contribution in [3.8, 4) is 5.82 Å². The van der Waals surface area contributed by atoms with Crippen LogP contribution < -0.4 is 4.72 Å². The lowest BCUT2D eigenvalue weighted by molar-refractivity contribution is -0.114. The van der Waals surface area contributed by atoms with E-state index in [0.717, 1.165) is 31.1 Å². The molecule has 0 bridgehead atoms. The Hall–Kier alpha value is -3.01. The van der Waals surface area contributed by atoms with Crippen LogP contribution >= 0.6 is 0 Å². The number of aryl methyl sites for hydroxylation is 2. The third kappa shape index (κ3) is 5.01. The number of hydrogen-bond acceptors (Lipinski definition) is 4. The average Bonchev–Trinajstić information content (AvgIpc) is 3.19. The summed E-state index contributed by atoms with van der Waals surface area (Å²) in [6.45, 7) is 3.69. The predicted octanol–water partition coefficient (Wildman–Crippen LogP) is 3.60. The molecule has 31 heavy (non-hydrogen) atoms. The van der Waals surface area contributed by atoms with Crippen LogP contribution in [0.5, 0.6) is 0 Å². The predicted molar refractivity (Wildman–Crippen MR) is 115 cm³/mol. The Bertz CT molecular complexity index is 1260. The number of unbranched alkanes of at least 4 members (excludes halogenated alkanes) is 2. The van der Waals surface area contributed by atoms with Crippen LogP contribution in [0.3, 0.4) is 0 Å². The number of benzene rings is 1. The second kappa shape index (κ2) is 9.01. The standard InChI is InChI=1S/C21H24F2N4O3S/c1-4-5-6-11-31(29,30)25-20(28)8-7-16-14(2)24-26(3)21(16)27-10-9-15-12-17(22)18(23)13-19(15)27/h7-10,12-13H,4-6,11H2,1-3H3,(H,25,28)/b8-7+. The Morgan fingerprint density at radius 2 is 1.94 bits per heavy atom. The molecule has 1 amide bonds. The molecule has 0 aliphatic heterocycles. The lowest BCUT2D eigenvalue weighted by Crippen LogP contribution is -2.31. The van der Waals surface area contributed by atoms with Crippen LogP contribution in [0.2, 0.25) is 0 Å². The molecule has 2 aromatic heterocycles. The highest BCUT2D eigenvalue weighted by atomic mass is 32.2. The molecule has 2 heterocycles. The number of nitrogens with one attached hydrogen (secondary N) is 1. The summed E-state index contributed by atoms with van der Waals surface area (Å²) in [5.41, 5.74) is 1.56. The van der Waals surface area contributed by atoms with Crippen LogP contribution in [-0.2, 0) is 21.9 Å². The van der Waals surface area contributed by atoms with E-state index >= 15 is 0 Å². The van der Waals surface area contributed by atoms with Crippen molar-refractivity contribution in [1.82, 2.24) is 19.1 Å². The lowest BCUT2D eigenvalue weighted by Gasteiger charge is -2.08. The van der Waals surface area contributed by atoms with Gasteiger partial charge in [0.2, 0.25) is 10.0 Å². The van der Waals surface area contributed by atoms with Gasteiger partial charge in [-0.25, -0.2) is 21.9 Å². The maximum atomic E-state index is 13.8. The quantitative estimate of drug-likeness (QED) is 0.420. The van der Waals surface area contributed by atoms with Crippen molar-refractivity contribution >= 4 is 32.9 Å². The van der Waals surface area contributed by atoms with Crippen LogP contribution in [0, 0.1) is 18.6 Å². The molecule has 7 nitrogen and oxygen atoms in total. The highest BCUT2D eigenvalue weighted by Crippen LogP contribution is 2.27. The molecule has 3 aromatic rings. The van der Waals surface area contributed by atoms with Crippen molar-refractivity contribution in [3.05, 3.63) is 53.4 Å². The van der Waals surface area contributed by atoms with Gasteiger partial charge in [-0.05, 0) is 31.6 Å². The molecule has 0 spiro atoms. The van der Waals surface area contributed by atoms with Crippen molar-refractivity contribution < 1.29 is 22.0 Å². The molecule has 0 saturated heterocycles. The zero-order chi connectivity index (χ0) is 22.8. The number of halogens is 2. The van der Waals surface area contributed by atoms with Gasteiger partial charge >= 0.3 is 0 Å². The topological polar surface area (TPSA) is 86.0 Å². The fraction of sp³-hybridized carbons (Fsp3) is 0.333. The van der Waals surface area contributed by atoms with Crippen molar-refractivity contribution in [2.75, 3.05) is 5.75 Å². The molecule has 0 aliphatic rings. The normalized spacial score (nSPS) is 12.2. The van der Waals surface area contributed by atoms with Crippen LogP contribution in [-0.4, -0.2) is 34.4 Å². The number of hydrogen-bond donors (Lipinski definition) is 1. The first-order chi connectivity index (χ1) is 14.6. The van der Waals surface area contributed by atoms with Gasteiger partial charge in [0, 0.05) is 36.3 Å². The van der Waals surface area contributed by atoms with E-state index in [4.69, 9.17) is 0 Å². The minimum Gasteiger partial charge on any atom is -0.301 e. The first-order valence-electron chi connectivity index (χ1n) is 9.85. The van der Waals surface area contributed by atoms with Gasteiger partial charge in [-0.3, -0.25) is 9.48 Å². The van der Waals surface area contributed by atoms with Gasteiger partial charge in [0.05, 0.1) is 17.0 Å². The molecule has 10 heteroatoms. The highest BCUT2D eigenvalue weighted by Gasteiger charge is 2.17. The van der Waals surface area contributed by atoms with Crippen molar-refractivity contribution in [1.29, 1.82) is 0 Å². The molecule has 166 valence electrons. The van der Waals surface area contributed by atoms with Crippen LogP contribution in [0.1, 0.15) is 37.4 Å². The maximum absolute atomic E-state index is 13.8. The summed E-state index contributed by atoms with van der Waals surface area (Å²) in [7, 11) is -2.02. The van der Waals surface area contributed by atoms with E-state index < -0.39 is 27.6 Å². The van der Waals surface area contributed by atoms with Crippen molar-refractivity contribution in [2.24, 2.45) is 7.05 Å². The van der Waals surface area contributed by atoms with E-state index in [-0.39, 0.29) is 5.75 Å². The maximum Gasteiger partial charge on any atom is 0.257 e. The van der Waals surface area contributed by atoms with Crippen molar-refractivity contribution in [3.63, 3.8) is 0 Å². The number of rotatable bonds is 8. The van der Waals surface area contributed by atoms with Gasteiger partial charge in [-0.2, -0.15) is 5.10 Å². The number of carbonyl (C=O) groups is 1.